The molecule has 21 heavy (non-hydrogen) atoms. The van der Waals surface area contributed by atoms with E-state index in [-0.39, 0.29) is 12.7 Å². The average molecular weight is 315 g/mol. The number of halogens is 1. The van der Waals surface area contributed by atoms with Gasteiger partial charge in [0.05, 0.1) is 48.8 Å². The molecule has 0 radical (unpaired) electrons. The molecule has 1 aliphatic heterocycles. The lowest BCUT2D eigenvalue weighted by Crippen LogP contribution is -2.34. The Morgan fingerprint density at radius 2 is 2.33 bits per heavy atom. The van der Waals surface area contributed by atoms with E-state index in [4.69, 9.17) is 31.5 Å². The number of benzene rings is 1. The molecular formula is C14H19ClN2O4. The maximum Gasteiger partial charge on any atom is 0.340 e. The SMILES string of the molecule is CCOC(=O)c1cc(N)cc(Cl)c1NCC1COCCO1. The Kier molecular flexibility index (Phi) is 5.67. The van der Waals surface area contributed by atoms with Gasteiger partial charge in [0.1, 0.15) is 0 Å². The van der Waals surface area contributed by atoms with Crippen LogP contribution in [0.3, 0.4) is 0 Å². The van der Waals surface area contributed by atoms with E-state index in [1.54, 1.807) is 19.1 Å². The summed E-state index contributed by atoms with van der Waals surface area (Å²) in [5.41, 5.74) is 6.96. The molecule has 0 amide bonds. The fourth-order valence-corrected chi connectivity index (χ4v) is 2.34. The van der Waals surface area contributed by atoms with Crippen LogP contribution in [0.25, 0.3) is 0 Å². The Morgan fingerprint density at radius 3 is 3.00 bits per heavy atom. The van der Waals surface area contributed by atoms with E-state index in [1.165, 1.54) is 0 Å². The number of nitrogens with two attached hydrogens (primary N) is 1. The number of anilines is 2. The Hall–Kier alpha value is -1.50. The maximum absolute atomic E-state index is 12.0. The number of rotatable bonds is 5. The van der Waals surface area contributed by atoms with Gasteiger partial charge in [0.25, 0.3) is 0 Å². The molecule has 116 valence electrons. The van der Waals surface area contributed by atoms with E-state index in [0.717, 1.165) is 0 Å². The van der Waals surface area contributed by atoms with Crippen molar-refractivity contribution < 1.29 is 19.0 Å². The van der Waals surface area contributed by atoms with Crippen molar-refractivity contribution in [2.24, 2.45) is 0 Å². The highest BCUT2D eigenvalue weighted by Crippen LogP contribution is 2.30. The van der Waals surface area contributed by atoms with Crippen LogP contribution in [0, 0.1) is 0 Å². The third kappa shape index (κ3) is 4.23. The van der Waals surface area contributed by atoms with Crippen LogP contribution < -0.4 is 11.1 Å². The fourth-order valence-electron chi connectivity index (χ4n) is 2.05. The summed E-state index contributed by atoms with van der Waals surface area (Å²) in [5, 5.41) is 3.49. The average Bonchev–Trinajstić information content (AvgIpc) is 2.47. The van der Waals surface area contributed by atoms with Crippen LogP contribution in [0.4, 0.5) is 11.4 Å². The normalized spacial score (nSPS) is 18.3. The molecule has 3 N–H and O–H groups in total. The van der Waals surface area contributed by atoms with E-state index in [2.05, 4.69) is 5.32 Å². The highest BCUT2D eigenvalue weighted by atomic mass is 35.5. The molecule has 1 saturated heterocycles. The van der Waals surface area contributed by atoms with Crippen LogP contribution >= 0.6 is 11.6 Å². The van der Waals surface area contributed by atoms with Gasteiger partial charge in [-0.05, 0) is 19.1 Å². The minimum absolute atomic E-state index is 0.0811. The number of ether oxygens (including phenoxy) is 3. The number of carbonyl (C=O) groups is 1. The van der Waals surface area contributed by atoms with Gasteiger partial charge in [-0.2, -0.15) is 0 Å². The summed E-state index contributed by atoms with van der Waals surface area (Å²) in [6, 6.07) is 3.13. The summed E-state index contributed by atoms with van der Waals surface area (Å²) < 4.78 is 15.9. The third-order valence-corrected chi connectivity index (χ3v) is 3.30. The van der Waals surface area contributed by atoms with Crippen molar-refractivity contribution in [3.8, 4) is 0 Å². The van der Waals surface area contributed by atoms with Gasteiger partial charge in [-0.25, -0.2) is 4.79 Å². The first kappa shape index (κ1) is 15.9. The quantitative estimate of drug-likeness (QED) is 0.638. The van der Waals surface area contributed by atoms with Crippen LogP contribution in [0.2, 0.25) is 5.02 Å². The zero-order chi connectivity index (χ0) is 15.2. The Labute approximate surface area is 128 Å². The Morgan fingerprint density at radius 1 is 1.52 bits per heavy atom. The highest BCUT2D eigenvalue weighted by molar-refractivity contribution is 6.34. The minimum Gasteiger partial charge on any atom is -0.462 e. The molecule has 0 aromatic heterocycles. The zero-order valence-electron chi connectivity index (χ0n) is 11.9. The summed E-state index contributed by atoms with van der Waals surface area (Å²) in [5.74, 6) is -0.463. The predicted octanol–water partition coefficient (Wildman–Crippen LogP) is 1.93. The van der Waals surface area contributed by atoms with E-state index < -0.39 is 5.97 Å². The monoisotopic (exact) mass is 314 g/mol. The van der Waals surface area contributed by atoms with Crippen molar-refractivity contribution in [3.63, 3.8) is 0 Å². The topological polar surface area (TPSA) is 82.8 Å². The number of esters is 1. The molecule has 6 nitrogen and oxygen atoms in total. The van der Waals surface area contributed by atoms with Gasteiger partial charge in [-0.3, -0.25) is 0 Å². The lowest BCUT2D eigenvalue weighted by molar-refractivity contribution is -0.0818. The van der Waals surface area contributed by atoms with Gasteiger partial charge in [0.15, 0.2) is 0 Å². The molecule has 1 unspecified atom stereocenters. The molecule has 0 aliphatic carbocycles. The Bertz CT molecular complexity index is 504. The first-order valence-electron chi connectivity index (χ1n) is 6.81. The molecule has 1 aromatic carbocycles. The zero-order valence-corrected chi connectivity index (χ0v) is 12.6. The van der Waals surface area contributed by atoms with Crippen LogP contribution in [0.1, 0.15) is 17.3 Å². The molecule has 7 heteroatoms. The van der Waals surface area contributed by atoms with Crippen molar-refractivity contribution in [1.29, 1.82) is 0 Å². The second kappa shape index (κ2) is 7.49. The molecule has 1 fully saturated rings. The summed E-state index contributed by atoms with van der Waals surface area (Å²) >= 11 is 6.17. The summed E-state index contributed by atoms with van der Waals surface area (Å²) in [4.78, 5) is 12.0. The lowest BCUT2D eigenvalue weighted by atomic mass is 10.1. The first-order valence-corrected chi connectivity index (χ1v) is 7.19. The lowest BCUT2D eigenvalue weighted by Gasteiger charge is -2.24. The number of hydrogen-bond acceptors (Lipinski definition) is 6. The molecule has 1 atom stereocenters. The largest absolute Gasteiger partial charge is 0.462 e. The van der Waals surface area contributed by atoms with Gasteiger partial charge in [-0.1, -0.05) is 11.6 Å². The van der Waals surface area contributed by atoms with E-state index >= 15 is 0 Å². The maximum atomic E-state index is 12.0. The van der Waals surface area contributed by atoms with Gasteiger partial charge in [0, 0.05) is 12.2 Å². The van der Waals surface area contributed by atoms with Crippen LogP contribution in [0.15, 0.2) is 12.1 Å². The third-order valence-electron chi connectivity index (χ3n) is 3.00. The second-order valence-electron chi connectivity index (χ2n) is 4.59. The molecule has 0 saturated carbocycles. The standard InChI is InChI=1S/C14H19ClN2O4/c1-2-20-14(18)11-5-9(16)6-12(15)13(11)17-7-10-8-19-3-4-21-10/h5-6,10,17H,2-4,7-8,16H2,1H3. The molecule has 0 spiro atoms. The van der Waals surface area contributed by atoms with Gasteiger partial charge < -0.3 is 25.3 Å². The van der Waals surface area contributed by atoms with E-state index in [1.807, 2.05) is 0 Å². The highest BCUT2D eigenvalue weighted by Gasteiger charge is 2.19. The summed E-state index contributed by atoms with van der Waals surface area (Å²) in [7, 11) is 0. The number of hydrogen-bond donors (Lipinski definition) is 2. The number of nitrogen functional groups attached to an aromatic ring is 1. The smallest absolute Gasteiger partial charge is 0.340 e. The predicted molar refractivity (Wildman–Crippen MR) is 80.9 cm³/mol. The van der Waals surface area contributed by atoms with Crippen molar-refractivity contribution in [1.82, 2.24) is 0 Å². The summed E-state index contributed by atoms with van der Waals surface area (Å²) in [6.07, 6.45) is -0.0811. The van der Waals surface area contributed by atoms with Crippen LogP contribution in [0.5, 0.6) is 0 Å². The van der Waals surface area contributed by atoms with Gasteiger partial charge >= 0.3 is 5.97 Å². The number of carbonyl (C=O) groups excluding carboxylic acids is 1. The fraction of sp³-hybridized carbons (Fsp3) is 0.500. The van der Waals surface area contributed by atoms with Crippen LogP contribution in [-0.4, -0.2) is 45.0 Å². The van der Waals surface area contributed by atoms with Gasteiger partial charge in [0.2, 0.25) is 0 Å². The van der Waals surface area contributed by atoms with Crippen LogP contribution in [-0.2, 0) is 14.2 Å². The Balaban J connectivity index is 2.14. The first-order chi connectivity index (χ1) is 10.1. The molecule has 2 rings (SSSR count). The van der Waals surface area contributed by atoms with Crippen molar-refractivity contribution in [2.45, 2.75) is 13.0 Å². The second-order valence-corrected chi connectivity index (χ2v) is 5.00. The van der Waals surface area contributed by atoms with E-state index in [9.17, 15) is 4.79 Å². The molecule has 1 heterocycles. The molecular weight excluding hydrogens is 296 g/mol. The molecule has 0 bridgehead atoms. The molecule has 1 aromatic rings. The summed E-state index contributed by atoms with van der Waals surface area (Å²) in [6.45, 7) is 4.18. The van der Waals surface area contributed by atoms with E-state index in [0.29, 0.717) is 48.3 Å². The van der Waals surface area contributed by atoms with Crippen molar-refractivity contribution >= 4 is 28.9 Å². The van der Waals surface area contributed by atoms with Crippen molar-refractivity contribution in [2.75, 3.05) is 44.0 Å². The van der Waals surface area contributed by atoms with Gasteiger partial charge in [-0.15, -0.1) is 0 Å². The minimum atomic E-state index is -0.463. The number of nitrogens with one attached hydrogen (secondary N) is 1. The van der Waals surface area contributed by atoms with Crippen molar-refractivity contribution in [3.05, 3.63) is 22.7 Å². The molecule has 1 aliphatic rings.